The number of benzene rings is 1. The molecule has 208 valence electrons. The van der Waals surface area contributed by atoms with Gasteiger partial charge < -0.3 is 14.6 Å². The molecule has 2 aromatic rings. The van der Waals surface area contributed by atoms with Crippen LogP contribution in [0.5, 0.6) is 0 Å². The summed E-state index contributed by atoms with van der Waals surface area (Å²) in [5.74, 6) is 2.73. The van der Waals surface area contributed by atoms with Crippen molar-refractivity contribution in [1.29, 1.82) is 0 Å². The molecule has 4 aliphatic carbocycles. The molecule has 5 nitrogen and oxygen atoms in total. The van der Waals surface area contributed by atoms with E-state index in [2.05, 4.69) is 25.8 Å². The van der Waals surface area contributed by atoms with E-state index in [1.54, 1.807) is 19.1 Å². The van der Waals surface area contributed by atoms with Gasteiger partial charge in [-0.15, -0.1) is 0 Å². The number of fused-ring (bicyclic) bond motifs is 6. The van der Waals surface area contributed by atoms with Crippen molar-refractivity contribution >= 4 is 10.9 Å². The fourth-order valence-corrected chi connectivity index (χ4v) is 10.1. The summed E-state index contributed by atoms with van der Waals surface area (Å²) in [6.45, 7) is 8.90. The summed E-state index contributed by atoms with van der Waals surface area (Å²) in [6, 6.07) is 3.36. The Kier molecular flexibility index (Phi) is 6.54. The van der Waals surface area contributed by atoms with Crippen molar-refractivity contribution in [2.45, 2.75) is 104 Å². The topological polar surface area (TPSA) is 83.6 Å². The molecule has 1 unspecified atom stereocenters. The molecular weight excluding hydrogens is 481 g/mol. The van der Waals surface area contributed by atoms with E-state index >= 15 is 0 Å². The van der Waals surface area contributed by atoms with Gasteiger partial charge in [0.05, 0.1) is 17.7 Å². The molecule has 0 radical (unpaired) electrons. The largest absolute Gasteiger partial charge is 0.408 e. The van der Waals surface area contributed by atoms with Crippen LogP contribution in [0, 0.1) is 59.1 Å². The van der Waals surface area contributed by atoms with E-state index in [0.717, 1.165) is 32.1 Å². The Morgan fingerprint density at radius 2 is 1.82 bits per heavy atom. The number of rotatable bonds is 4. The second kappa shape index (κ2) is 9.40. The molecule has 6 heteroatoms. The van der Waals surface area contributed by atoms with Gasteiger partial charge in [0.1, 0.15) is 11.2 Å². The molecular formula is C32H44FNO4. The number of hydrogen-bond donors (Lipinski definition) is 2. The number of aromatic nitrogens is 1. The summed E-state index contributed by atoms with van der Waals surface area (Å²) >= 11 is 0. The second-order valence-corrected chi connectivity index (χ2v) is 14.0. The lowest BCUT2D eigenvalue weighted by atomic mass is 9.43. The van der Waals surface area contributed by atoms with Crippen LogP contribution in [0.15, 0.2) is 21.3 Å². The zero-order valence-electron chi connectivity index (χ0n) is 23.4. The minimum absolute atomic E-state index is 0.0563. The fourth-order valence-electron chi connectivity index (χ4n) is 10.1. The van der Waals surface area contributed by atoms with Gasteiger partial charge in [0.2, 0.25) is 0 Å². The number of aliphatic hydroxyl groups is 2. The summed E-state index contributed by atoms with van der Waals surface area (Å²) in [4.78, 5) is 17.0. The van der Waals surface area contributed by atoms with Gasteiger partial charge in [0, 0.05) is 6.42 Å². The highest BCUT2D eigenvalue weighted by Gasteiger charge is 2.62. The lowest BCUT2D eigenvalue weighted by Gasteiger charge is -2.62. The van der Waals surface area contributed by atoms with Crippen molar-refractivity contribution in [3.8, 4) is 0 Å². The van der Waals surface area contributed by atoms with Crippen LogP contribution in [0.2, 0.25) is 0 Å². The van der Waals surface area contributed by atoms with E-state index in [4.69, 9.17) is 4.42 Å². The first-order valence-electron chi connectivity index (χ1n) is 15.0. The molecule has 4 fully saturated rings. The Morgan fingerprint density at radius 3 is 2.61 bits per heavy atom. The van der Waals surface area contributed by atoms with E-state index in [1.165, 1.54) is 25.7 Å². The van der Waals surface area contributed by atoms with E-state index < -0.39 is 11.4 Å². The van der Waals surface area contributed by atoms with Crippen LogP contribution in [0.1, 0.15) is 90.0 Å². The minimum atomic E-state index is -0.640. The van der Waals surface area contributed by atoms with E-state index in [9.17, 15) is 19.4 Å². The van der Waals surface area contributed by atoms with Crippen molar-refractivity contribution < 1.29 is 19.0 Å². The third kappa shape index (κ3) is 3.99. The maximum atomic E-state index is 14.5. The quantitative estimate of drug-likeness (QED) is 0.497. The van der Waals surface area contributed by atoms with Crippen LogP contribution in [0.4, 0.5) is 4.39 Å². The summed E-state index contributed by atoms with van der Waals surface area (Å²) in [5, 5.41) is 21.7. The standard InChI is InChI=1S/C32H44FNO4/c1-17(6-10-26-34-24-9-5-18(2)29(33)28(24)30(37)38-26)21-7-8-22-27-23(12-14-32(21,22)4)31(3)13-11-20(35)15-19(31)16-25(27)36/h5,9,17,19-23,25,27,35-36H,6-8,10-16H2,1-4H3/t17-,19+,20-,21-,22+,23?,25-,27+,31+,32-/m1/s1. The summed E-state index contributed by atoms with van der Waals surface area (Å²) in [5.41, 5.74) is 0.591. The van der Waals surface area contributed by atoms with Gasteiger partial charge in [-0.2, -0.15) is 0 Å². The Morgan fingerprint density at radius 1 is 1.08 bits per heavy atom. The maximum absolute atomic E-state index is 14.5. The molecule has 0 spiro atoms. The lowest BCUT2D eigenvalue weighted by molar-refractivity contribution is -0.174. The van der Waals surface area contributed by atoms with Gasteiger partial charge in [0.25, 0.3) is 0 Å². The summed E-state index contributed by atoms with van der Waals surface area (Å²) in [7, 11) is 0. The first kappa shape index (κ1) is 26.4. The molecule has 0 bridgehead atoms. The normalized spacial score (nSPS) is 41.4. The van der Waals surface area contributed by atoms with Gasteiger partial charge in [-0.3, -0.25) is 0 Å². The molecule has 1 heterocycles. The van der Waals surface area contributed by atoms with Crippen LogP contribution < -0.4 is 5.63 Å². The second-order valence-electron chi connectivity index (χ2n) is 14.0. The molecule has 38 heavy (non-hydrogen) atoms. The molecule has 0 amide bonds. The number of hydrogen-bond acceptors (Lipinski definition) is 5. The Labute approximate surface area is 225 Å². The molecule has 4 aliphatic rings. The highest BCUT2D eigenvalue weighted by atomic mass is 19.1. The molecule has 0 saturated heterocycles. The SMILES string of the molecule is Cc1ccc2nc(CC[C@@H](C)[C@H]3CC[C@H]4[C@H]5C(CC[C@]34C)[C@@]3(C)CC[C@@H](O)C[C@H]3C[C@H]5O)oc(=O)c2c1F. The molecule has 0 aliphatic heterocycles. The van der Waals surface area contributed by atoms with Crippen molar-refractivity contribution in [3.05, 3.63) is 39.8 Å². The molecule has 4 saturated carbocycles. The van der Waals surface area contributed by atoms with Crippen molar-refractivity contribution in [1.82, 2.24) is 4.98 Å². The van der Waals surface area contributed by atoms with Gasteiger partial charge in [-0.25, -0.2) is 14.2 Å². The average molecular weight is 526 g/mol. The Balaban J connectivity index is 1.18. The lowest BCUT2D eigenvalue weighted by Crippen LogP contribution is -2.58. The van der Waals surface area contributed by atoms with Crippen molar-refractivity contribution in [2.24, 2.45) is 46.3 Å². The van der Waals surface area contributed by atoms with Crippen molar-refractivity contribution in [3.63, 3.8) is 0 Å². The summed E-state index contributed by atoms with van der Waals surface area (Å²) < 4.78 is 19.9. The van der Waals surface area contributed by atoms with E-state index in [0.29, 0.717) is 58.9 Å². The predicted molar refractivity (Wildman–Crippen MR) is 145 cm³/mol. The average Bonchev–Trinajstić information content (AvgIpc) is 3.23. The number of halogens is 1. The zero-order chi connectivity index (χ0) is 27.0. The molecule has 2 N–H and O–H groups in total. The fraction of sp³-hybridized carbons (Fsp3) is 0.750. The highest BCUT2D eigenvalue weighted by Crippen LogP contribution is 2.68. The van der Waals surface area contributed by atoms with Gasteiger partial charge in [0.15, 0.2) is 5.89 Å². The smallest absolute Gasteiger partial charge is 0.349 e. The van der Waals surface area contributed by atoms with Crippen molar-refractivity contribution in [2.75, 3.05) is 0 Å². The molecule has 10 atom stereocenters. The molecule has 1 aromatic carbocycles. The van der Waals surface area contributed by atoms with E-state index in [1.807, 2.05) is 0 Å². The summed E-state index contributed by atoms with van der Waals surface area (Å²) in [6.07, 6.45) is 9.38. The third-order valence-electron chi connectivity index (χ3n) is 12.2. The molecule has 6 rings (SSSR count). The monoisotopic (exact) mass is 525 g/mol. The van der Waals surface area contributed by atoms with Crippen LogP contribution in [0.25, 0.3) is 10.9 Å². The molecule has 1 aromatic heterocycles. The first-order valence-corrected chi connectivity index (χ1v) is 15.0. The number of nitrogens with zero attached hydrogens (tertiary/aromatic N) is 1. The van der Waals surface area contributed by atoms with E-state index in [-0.39, 0.29) is 28.4 Å². The maximum Gasteiger partial charge on any atom is 0.349 e. The minimum Gasteiger partial charge on any atom is -0.408 e. The van der Waals surface area contributed by atoms with Crippen LogP contribution in [0.3, 0.4) is 0 Å². The Hall–Kier alpha value is -1.79. The van der Waals surface area contributed by atoms with Gasteiger partial charge in [-0.05, 0) is 123 Å². The van der Waals surface area contributed by atoms with Crippen LogP contribution >= 0.6 is 0 Å². The zero-order valence-corrected chi connectivity index (χ0v) is 23.4. The van der Waals surface area contributed by atoms with Gasteiger partial charge >= 0.3 is 5.63 Å². The Bertz CT molecular complexity index is 1280. The van der Waals surface area contributed by atoms with Crippen LogP contribution in [-0.4, -0.2) is 27.4 Å². The number of aryl methyl sites for hydroxylation is 2. The van der Waals surface area contributed by atoms with Gasteiger partial charge in [-0.1, -0.05) is 26.8 Å². The highest BCUT2D eigenvalue weighted by molar-refractivity contribution is 5.78. The predicted octanol–water partition coefficient (Wildman–Crippen LogP) is 6.19. The number of aliphatic hydroxyl groups excluding tert-OH is 2. The van der Waals surface area contributed by atoms with Crippen LogP contribution in [-0.2, 0) is 6.42 Å². The first-order chi connectivity index (χ1) is 18.0. The third-order valence-corrected chi connectivity index (χ3v) is 12.2.